The zero-order chi connectivity index (χ0) is 13.8. The predicted octanol–water partition coefficient (Wildman–Crippen LogP) is 1.29. The lowest BCUT2D eigenvalue weighted by atomic mass is 10.1. The Morgan fingerprint density at radius 1 is 1.42 bits per heavy atom. The van der Waals surface area contributed by atoms with Crippen molar-refractivity contribution in [1.82, 2.24) is 9.88 Å². The number of nitrogen functional groups attached to an aromatic ring is 1. The molecule has 1 aromatic heterocycles. The smallest absolute Gasteiger partial charge is 0.139 e. The van der Waals surface area contributed by atoms with Gasteiger partial charge in [-0.2, -0.15) is 0 Å². The lowest BCUT2D eigenvalue weighted by molar-refractivity contribution is 0.192. The number of hydrogen-bond donors (Lipinski definition) is 2. The van der Waals surface area contributed by atoms with Gasteiger partial charge in [-0.25, -0.2) is 4.98 Å². The average molecular weight is 261 g/mol. The van der Waals surface area contributed by atoms with Crippen molar-refractivity contribution in [2.75, 3.05) is 31.1 Å². The number of pyridine rings is 1. The molecule has 0 amide bonds. The van der Waals surface area contributed by atoms with E-state index in [-0.39, 0.29) is 5.84 Å². The first kappa shape index (κ1) is 13.8. The van der Waals surface area contributed by atoms with Crippen LogP contribution in [0.4, 0.5) is 5.82 Å². The molecule has 3 N–H and O–H groups in total. The number of nitrogens with zero attached hydrogens (tertiary/aromatic N) is 3. The van der Waals surface area contributed by atoms with Crippen LogP contribution in [0, 0.1) is 5.41 Å². The van der Waals surface area contributed by atoms with Crippen LogP contribution in [0.5, 0.6) is 0 Å². The van der Waals surface area contributed by atoms with Crippen LogP contribution in [-0.4, -0.2) is 47.9 Å². The lowest BCUT2D eigenvalue weighted by Crippen LogP contribution is -2.50. The third kappa shape index (κ3) is 3.04. The van der Waals surface area contributed by atoms with Gasteiger partial charge in [0.05, 0.1) is 5.56 Å². The van der Waals surface area contributed by atoms with E-state index in [2.05, 4.69) is 28.6 Å². The van der Waals surface area contributed by atoms with Gasteiger partial charge in [-0.3, -0.25) is 10.3 Å². The maximum absolute atomic E-state index is 7.63. The van der Waals surface area contributed by atoms with Crippen LogP contribution in [0.15, 0.2) is 18.3 Å². The Balaban J connectivity index is 2.08. The zero-order valence-corrected chi connectivity index (χ0v) is 11.8. The van der Waals surface area contributed by atoms with E-state index in [1.54, 1.807) is 6.20 Å². The summed E-state index contributed by atoms with van der Waals surface area (Å²) in [4.78, 5) is 9.14. The van der Waals surface area contributed by atoms with E-state index in [9.17, 15) is 0 Å². The molecule has 1 saturated heterocycles. The fraction of sp³-hybridized carbons (Fsp3) is 0.571. The van der Waals surface area contributed by atoms with Gasteiger partial charge in [-0.05, 0) is 25.5 Å². The van der Waals surface area contributed by atoms with Crippen molar-refractivity contribution in [3.05, 3.63) is 23.9 Å². The zero-order valence-electron chi connectivity index (χ0n) is 11.8. The molecule has 1 unspecified atom stereocenters. The fourth-order valence-electron chi connectivity index (χ4n) is 2.49. The second-order valence-electron chi connectivity index (χ2n) is 5.07. The van der Waals surface area contributed by atoms with Crippen molar-refractivity contribution < 1.29 is 0 Å². The number of hydrogen-bond acceptors (Lipinski definition) is 4. The summed E-state index contributed by atoms with van der Waals surface area (Å²) in [5.41, 5.74) is 6.36. The fourth-order valence-corrected chi connectivity index (χ4v) is 2.49. The van der Waals surface area contributed by atoms with Crippen molar-refractivity contribution in [2.45, 2.75) is 26.3 Å². The molecule has 0 bridgehead atoms. The first-order valence-electron chi connectivity index (χ1n) is 6.92. The molecule has 1 aromatic rings. The van der Waals surface area contributed by atoms with Gasteiger partial charge < -0.3 is 10.6 Å². The average Bonchev–Trinajstić information content (AvgIpc) is 2.46. The van der Waals surface area contributed by atoms with Crippen molar-refractivity contribution in [2.24, 2.45) is 5.73 Å². The van der Waals surface area contributed by atoms with Crippen LogP contribution < -0.4 is 10.6 Å². The van der Waals surface area contributed by atoms with Crippen LogP contribution in [0.25, 0.3) is 0 Å². The largest absolute Gasteiger partial charge is 0.384 e. The third-order valence-corrected chi connectivity index (χ3v) is 3.90. The highest BCUT2D eigenvalue weighted by Crippen LogP contribution is 2.19. The van der Waals surface area contributed by atoms with Crippen LogP contribution in [0.1, 0.15) is 25.8 Å². The molecule has 5 nitrogen and oxygen atoms in total. The molecule has 0 aromatic carbocycles. The van der Waals surface area contributed by atoms with Gasteiger partial charge in [-0.1, -0.05) is 6.92 Å². The highest BCUT2D eigenvalue weighted by Gasteiger charge is 2.22. The van der Waals surface area contributed by atoms with Crippen molar-refractivity contribution in [1.29, 1.82) is 5.41 Å². The Kier molecular flexibility index (Phi) is 4.37. The summed E-state index contributed by atoms with van der Waals surface area (Å²) in [5, 5.41) is 7.63. The van der Waals surface area contributed by atoms with Gasteiger partial charge in [0.25, 0.3) is 0 Å². The molecule has 1 aliphatic rings. The van der Waals surface area contributed by atoms with E-state index >= 15 is 0 Å². The van der Waals surface area contributed by atoms with Crippen LogP contribution >= 0.6 is 0 Å². The molecular formula is C14H23N5. The second-order valence-corrected chi connectivity index (χ2v) is 5.07. The van der Waals surface area contributed by atoms with Crippen LogP contribution in [-0.2, 0) is 0 Å². The number of amidine groups is 1. The molecule has 1 atom stereocenters. The quantitative estimate of drug-likeness (QED) is 0.633. The van der Waals surface area contributed by atoms with Crippen molar-refractivity contribution >= 4 is 11.7 Å². The van der Waals surface area contributed by atoms with E-state index in [4.69, 9.17) is 11.1 Å². The first-order chi connectivity index (χ1) is 9.13. The van der Waals surface area contributed by atoms with Gasteiger partial charge >= 0.3 is 0 Å². The SMILES string of the molecule is CCC(C)N1CCN(c2ncccc2C(=N)N)CC1. The minimum Gasteiger partial charge on any atom is -0.384 e. The Bertz CT molecular complexity index is 437. The van der Waals surface area contributed by atoms with Crippen molar-refractivity contribution in [3.63, 3.8) is 0 Å². The predicted molar refractivity (Wildman–Crippen MR) is 78.8 cm³/mol. The summed E-state index contributed by atoms with van der Waals surface area (Å²) < 4.78 is 0. The van der Waals surface area contributed by atoms with Gasteiger partial charge in [0, 0.05) is 38.4 Å². The minimum atomic E-state index is 0.0902. The van der Waals surface area contributed by atoms with Gasteiger partial charge in [0.2, 0.25) is 0 Å². The number of piperazine rings is 1. The molecule has 0 spiro atoms. The molecule has 0 saturated carbocycles. The molecule has 0 radical (unpaired) electrons. The second kappa shape index (κ2) is 6.02. The molecule has 19 heavy (non-hydrogen) atoms. The molecule has 0 aliphatic carbocycles. The monoisotopic (exact) mass is 261 g/mol. The Hall–Kier alpha value is -1.62. The standard InChI is InChI=1S/C14H23N5/c1-3-11(2)18-7-9-19(10-8-18)14-12(13(15)16)5-4-6-17-14/h4-6,11H,3,7-10H2,1-2H3,(H3,15,16). The van der Waals surface area contributed by atoms with Crippen LogP contribution in [0.2, 0.25) is 0 Å². The number of nitrogens with one attached hydrogen (secondary N) is 1. The maximum atomic E-state index is 7.63. The molecule has 2 heterocycles. The highest BCUT2D eigenvalue weighted by molar-refractivity contribution is 5.99. The summed E-state index contributed by atoms with van der Waals surface area (Å²) >= 11 is 0. The number of anilines is 1. The molecule has 1 aliphatic heterocycles. The van der Waals surface area contributed by atoms with E-state index in [0.717, 1.165) is 37.6 Å². The molecule has 5 heteroatoms. The normalized spacial score (nSPS) is 18.3. The molecule has 1 fully saturated rings. The van der Waals surface area contributed by atoms with Gasteiger partial charge in [0.1, 0.15) is 11.7 Å². The number of aromatic nitrogens is 1. The summed E-state index contributed by atoms with van der Waals surface area (Å²) in [6.45, 7) is 8.48. The number of rotatable bonds is 4. The summed E-state index contributed by atoms with van der Waals surface area (Å²) in [5.74, 6) is 0.936. The summed E-state index contributed by atoms with van der Waals surface area (Å²) in [6.07, 6.45) is 2.95. The van der Waals surface area contributed by atoms with E-state index in [1.807, 2.05) is 12.1 Å². The first-order valence-corrected chi connectivity index (χ1v) is 6.92. The maximum Gasteiger partial charge on any atom is 0.139 e. The summed E-state index contributed by atoms with van der Waals surface area (Å²) in [6, 6.07) is 4.33. The minimum absolute atomic E-state index is 0.0902. The van der Waals surface area contributed by atoms with Gasteiger partial charge in [0.15, 0.2) is 0 Å². The molecule has 2 rings (SSSR count). The molecule has 104 valence electrons. The van der Waals surface area contributed by atoms with Crippen molar-refractivity contribution in [3.8, 4) is 0 Å². The van der Waals surface area contributed by atoms with E-state index in [0.29, 0.717) is 6.04 Å². The lowest BCUT2D eigenvalue weighted by Gasteiger charge is -2.38. The highest BCUT2D eigenvalue weighted by atomic mass is 15.3. The topological polar surface area (TPSA) is 69.2 Å². The third-order valence-electron chi connectivity index (χ3n) is 3.90. The summed E-state index contributed by atoms with van der Waals surface area (Å²) in [7, 11) is 0. The Labute approximate surface area is 114 Å². The Morgan fingerprint density at radius 3 is 2.68 bits per heavy atom. The number of nitrogens with two attached hydrogens (primary N) is 1. The van der Waals surface area contributed by atoms with Gasteiger partial charge in [-0.15, -0.1) is 0 Å². The molecular weight excluding hydrogens is 238 g/mol. The van der Waals surface area contributed by atoms with Crippen LogP contribution in [0.3, 0.4) is 0 Å². The van der Waals surface area contributed by atoms with E-state index < -0.39 is 0 Å². The van der Waals surface area contributed by atoms with E-state index in [1.165, 1.54) is 6.42 Å². The Morgan fingerprint density at radius 2 is 2.11 bits per heavy atom.